The molecule has 0 aliphatic carbocycles. The molecule has 0 aromatic heterocycles. The van der Waals surface area contributed by atoms with Crippen LogP contribution in [0.1, 0.15) is 42.3 Å². The summed E-state index contributed by atoms with van der Waals surface area (Å²) in [6.45, 7) is 7.05. The number of carbonyl (C=O) groups excluding carboxylic acids is 1. The fourth-order valence-electron chi connectivity index (χ4n) is 3.45. The van der Waals surface area contributed by atoms with Gasteiger partial charge in [0, 0.05) is 5.56 Å². The van der Waals surface area contributed by atoms with Crippen LogP contribution in [-0.4, -0.2) is 33.7 Å². The van der Waals surface area contributed by atoms with E-state index in [1.807, 2.05) is 24.3 Å². The van der Waals surface area contributed by atoms with Crippen LogP contribution in [0.4, 0.5) is 10.1 Å². The summed E-state index contributed by atoms with van der Waals surface area (Å²) in [4.78, 5) is 12.4. The zero-order valence-corrected chi connectivity index (χ0v) is 21.2. The van der Waals surface area contributed by atoms with Crippen LogP contribution in [-0.2, 0) is 22.0 Å². The van der Waals surface area contributed by atoms with Gasteiger partial charge in [-0.2, -0.15) is 0 Å². The van der Waals surface area contributed by atoms with Gasteiger partial charge in [-0.05, 0) is 52.9 Å². The number of ether oxygens (including phenoxy) is 1. The van der Waals surface area contributed by atoms with E-state index in [0.717, 1.165) is 16.3 Å². The minimum absolute atomic E-state index is 0.0233. The minimum Gasteiger partial charge on any atom is -0.492 e. The second-order valence-corrected chi connectivity index (χ2v) is 11.2. The molecule has 0 radical (unpaired) electrons. The Morgan fingerprint density at radius 3 is 2.17 bits per heavy atom. The van der Waals surface area contributed by atoms with Crippen LogP contribution in [0.15, 0.2) is 72.8 Å². The van der Waals surface area contributed by atoms with Crippen molar-refractivity contribution < 1.29 is 22.3 Å². The van der Waals surface area contributed by atoms with E-state index in [9.17, 15) is 17.6 Å². The molecule has 0 saturated carbocycles. The number of nitrogens with zero attached hydrogens (tertiary/aromatic N) is 1. The lowest BCUT2D eigenvalue weighted by atomic mass is 9.87. The Morgan fingerprint density at radius 1 is 0.971 bits per heavy atom. The van der Waals surface area contributed by atoms with Crippen LogP contribution >= 0.6 is 0 Å². The van der Waals surface area contributed by atoms with Crippen molar-refractivity contribution in [3.05, 3.63) is 95.3 Å². The van der Waals surface area contributed by atoms with Crippen molar-refractivity contribution in [2.45, 2.75) is 32.7 Å². The number of para-hydroxylation sites is 1. The van der Waals surface area contributed by atoms with Gasteiger partial charge in [-0.3, -0.25) is 9.10 Å². The fourth-order valence-corrected chi connectivity index (χ4v) is 4.34. The molecule has 0 bridgehead atoms. The number of sulfonamides is 1. The molecule has 1 amide bonds. The molecule has 186 valence electrons. The molecule has 8 heteroatoms. The Balaban J connectivity index is 1.54. The zero-order chi connectivity index (χ0) is 25.6. The number of hydrogen-bond acceptors (Lipinski definition) is 4. The summed E-state index contributed by atoms with van der Waals surface area (Å²) in [5.74, 6) is -0.152. The largest absolute Gasteiger partial charge is 0.492 e. The van der Waals surface area contributed by atoms with Crippen molar-refractivity contribution in [1.82, 2.24) is 5.32 Å². The Morgan fingerprint density at radius 2 is 1.60 bits per heavy atom. The topological polar surface area (TPSA) is 75.7 Å². The molecule has 0 fully saturated rings. The van der Waals surface area contributed by atoms with Gasteiger partial charge in [0.2, 0.25) is 10.0 Å². The van der Waals surface area contributed by atoms with Crippen molar-refractivity contribution in [3.63, 3.8) is 0 Å². The SMILES string of the molecule is CC(C)(C)c1ccc(OCCNC(=O)c2ccc(CN(c3ccccc3F)S(C)(=O)=O)cc2)cc1. The van der Waals surface area contributed by atoms with Crippen molar-refractivity contribution >= 4 is 21.6 Å². The number of benzene rings is 3. The van der Waals surface area contributed by atoms with Crippen molar-refractivity contribution in [2.75, 3.05) is 23.7 Å². The first-order valence-corrected chi connectivity index (χ1v) is 13.1. The maximum absolute atomic E-state index is 14.2. The van der Waals surface area contributed by atoms with E-state index < -0.39 is 15.8 Å². The predicted molar refractivity (Wildman–Crippen MR) is 137 cm³/mol. The van der Waals surface area contributed by atoms with Gasteiger partial charge in [-0.15, -0.1) is 0 Å². The molecule has 0 unspecified atom stereocenters. The highest BCUT2D eigenvalue weighted by Crippen LogP contribution is 2.25. The lowest BCUT2D eigenvalue weighted by molar-refractivity contribution is 0.0947. The van der Waals surface area contributed by atoms with E-state index in [4.69, 9.17) is 4.74 Å². The van der Waals surface area contributed by atoms with Crippen LogP contribution in [0.3, 0.4) is 0 Å². The predicted octanol–water partition coefficient (Wildman–Crippen LogP) is 4.90. The van der Waals surface area contributed by atoms with E-state index >= 15 is 0 Å². The lowest BCUT2D eigenvalue weighted by Crippen LogP contribution is -2.30. The molecule has 0 aliphatic heterocycles. The summed E-state index contributed by atoms with van der Waals surface area (Å²) in [5, 5.41) is 2.80. The molecule has 0 aliphatic rings. The lowest BCUT2D eigenvalue weighted by Gasteiger charge is -2.23. The van der Waals surface area contributed by atoms with Crippen LogP contribution in [0.25, 0.3) is 0 Å². The molecular formula is C27H31FN2O4S. The molecular weight excluding hydrogens is 467 g/mol. The summed E-state index contributed by atoms with van der Waals surface area (Å²) in [5.41, 5.74) is 2.32. The fraction of sp³-hybridized carbons (Fsp3) is 0.296. The maximum atomic E-state index is 14.2. The number of amides is 1. The Kier molecular flexibility index (Phi) is 8.17. The summed E-state index contributed by atoms with van der Waals surface area (Å²) >= 11 is 0. The quantitative estimate of drug-likeness (QED) is 0.426. The van der Waals surface area contributed by atoms with Crippen molar-refractivity contribution in [1.29, 1.82) is 0 Å². The van der Waals surface area contributed by atoms with Gasteiger partial charge in [-0.25, -0.2) is 12.8 Å². The minimum atomic E-state index is -3.71. The first-order chi connectivity index (χ1) is 16.4. The van der Waals surface area contributed by atoms with E-state index in [0.29, 0.717) is 24.3 Å². The van der Waals surface area contributed by atoms with Crippen LogP contribution < -0.4 is 14.4 Å². The first-order valence-electron chi connectivity index (χ1n) is 11.3. The molecule has 6 nitrogen and oxygen atoms in total. The zero-order valence-electron chi connectivity index (χ0n) is 20.4. The number of rotatable bonds is 9. The van der Waals surface area contributed by atoms with Gasteiger partial charge in [0.25, 0.3) is 5.91 Å². The number of nitrogens with one attached hydrogen (secondary N) is 1. The highest BCUT2D eigenvalue weighted by molar-refractivity contribution is 7.92. The second-order valence-electron chi connectivity index (χ2n) is 9.30. The Labute approximate surface area is 206 Å². The second kappa shape index (κ2) is 10.9. The Hall–Kier alpha value is -3.39. The third kappa shape index (κ3) is 7.29. The molecule has 0 spiro atoms. The van der Waals surface area contributed by atoms with Gasteiger partial charge in [0.05, 0.1) is 25.0 Å². The Bertz CT molecular complexity index is 1250. The average Bonchev–Trinajstić information content (AvgIpc) is 2.80. The molecule has 35 heavy (non-hydrogen) atoms. The third-order valence-electron chi connectivity index (χ3n) is 5.44. The first kappa shape index (κ1) is 26.2. The molecule has 0 heterocycles. The summed E-state index contributed by atoms with van der Waals surface area (Å²) in [6.07, 6.45) is 1.03. The number of anilines is 1. The van der Waals surface area contributed by atoms with E-state index in [1.165, 1.54) is 23.8 Å². The summed E-state index contributed by atoms with van der Waals surface area (Å²) in [6, 6.07) is 20.1. The average molecular weight is 499 g/mol. The molecule has 0 saturated heterocycles. The van der Waals surface area contributed by atoms with E-state index in [-0.39, 0.29) is 23.6 Å². The van der Waals surface area contributed by atoms with Gasteiger partial charge in [0.1, 0.15) is 18.2 Å². The highest BCUT2D eigenvalue weighted by atomic mass is 32.2. The van der Waals surface area contributed by atoms with Gasteiger partial charge >= 0.3 is 0 Å². The highest BCUT2D eigenvalue weighted by Gasteiger charge is 2.21. The molecule has 3 aromatic rings. The van der Waals surface area contributed by atoms with Crippen molar-refractivity contribution in [2.24, 2.45) is 0 Å². The normalized spacial score (nSPS) is 11.7. The van der Waals surface area contributed by atoms with Gasteiger partial charge in [0.15, 0.2) is 0 Å². The number of hydrogen-bond donors (Lipinski definition) is 1. The number of halogens is 1. The molecule has 0 atom stereocenters. The third-order valence-corrected chi connectivity index (χ3v) is 6.57. The standard InChI is InChI=1S/C27H31FN2O4S/c1-27(2,3)22-13-15-23(16-14-22)34-18-17-29-26(31)21-11-9-20(10-12-21)19-30(35(4,32)33)25-8-6-5-7-24(25)28/h5-16H,17-19H2,1-4H3,(H,29,31). The van der Waals surface area contributed by atoms with Gasteiger partial charge in [-0.1, -0.05) is 57.2 Å². The summed E-state index contributed by atoms with van der Waals surface area (Å²) < 4.78 is 45.4. The monoisotopic (exact) mass is 498 g/mol. The van der Waals surface area contributed by atoms with Crippen LogP contribution in [0.5, 0.6) is 5.75 Å². The van der Waals surface area contributed by atoms with Crippen molar-refractivity contribution in [3.8, 4) is 5.75 Å². The molecule has 1 N–H and O–H groups in total. The van der Waals surface area contributed by atoms with E-state index in [2.05, 4.69) is 26.1 Å². The summed E-state index contributed by atoms with van der Waals surface area (Å²) in [7, 11) is -3.71. The van der Waals surface area contributed by atoms with Crippen LogP contribution in [0.2, 0.25) is 0 Å². The number of carbonyl (C=O) groups is 1. The van der Waals surface area contributed by atoms with E-state index in [1.54, 1.807) is 30.3 Å². The molecule has 3 aromatic carbocycles. The van der Waals surface area contributed by atoms with Gasteiger partial charge < -0.3 is 10.1 Å². The smallest absolute Gasteiger partial charge is 0.251 e. The molecule has 3 rings (SSSR count). The van der Waals surface area contributed by atoms with Crippen LogP contribution in [0, 0.1) is 5.82 Å². The maximum Gasteiger partial charge on any atom is 0.251 e.